The molecule has 3 aromatic rings. The number of aromatic hydroxyl groups is 1. The number of fused-ring (bicyclic) bond motifs is 3. The number of hydrogen-bond acceptors (Lipinski definition) is 5. The Morgan fingerprint density at radius 3 is 2.31 bits per heavy atom. The van der Waals surface area contributed by atoms with Crippen molar-refractivity contribution in [2.75, 3.05) is 14.2 Å². The van der Waals surface area contributed by atoms with Crippen molar-refractivity contribution in [3.05, 3.63) is 71.3 Å². The largest absolute Gasteiger partial charge is 0.506 e. The van der Waals surface area contributed by atoms with Crippen LogP contribution in [-0.2, 0) is 9.47 Å². The normalized spacial score (nSPS) is 18.4. The van der Waals surface area contributed by atoms with E-state index in [1.54, 1.807) is 19.2 Å². The van der Waals surface area contributed by atoms with Crippen LogP contribution in [0, 0.1) is 0 Å². The molecule has 1 heterocycles. The number of carbonyl (C=O) groups excluding carboxylic acids is 1. The van der Waals surface area contributed by atoms with Crippen molar-refractivity contribution in [2.45, 2.75) is 12.2 Å². The zero-order valence-corrected chi connectivity index (χ0v) is 14.4. The van der Waals surface area contributed by atoms with E-state index in [0.717, 1.165) is 10.9 Å². The molecule has 0 amide bonds. The Morgan fingerprint density at radius 1 is 1.00 bits per heavy atom. The Labute approximate surface area is 150 Å². The van der Waals surface area contributed by atoms with E-state index < -0.39 is 12.3 Å². The van der Waals surface area contributed by atoms with Gasteiger partial charge in [-0.15, -0.1) is 0 Å². The van der Waals surface area contributed by atoms with E-state index in [-0.39, 0.29) is 17.2 Å². The molecule has 0 bridgehead atoms. The third-order valence-electron chi connectivity index (χ3n) is 4.78. The molecule has 0 radical (unpaired) electrons. The van der Waals surface area contributed by atoms with Gasteiger partial charge in [0.25, 0.3) is 0 Å². The van der Waals surface area contributed by atoms with E-state index in [4.69, 9.17) is 14.2 Å². The number of rotatable bonds is 3. The highest BCUT2D eigenvalue weighted by atomic mass is 16.7. The van der Waals surface area contributed by atoms with Crippen molar-refractivity contribution in [1.29, 1.82) is 0 Å². The maximum atomic E-state index is 12.5. The average Bonchev–Trinajstić information content (AvgIpc) is 3.08. The van der Waals surface area contributed by atoms with Gasteiger partial charge < -0.3 is 19.3 Å². The summed E-state index contributed by atoms with van der Waals surface area (Å²) in [7, 11) is 2.86. The minimum Gasteiger partial charge on any atom is -0.506 e. The molecule has 0 saturated heterocycles. The maximum Gasteiger partial charge on any atom is 0.342 e. The van der Waals surface area contributed by atoms with Gasteiger partial charge in [0.05, 0.1) is 13.0 Å². The monoisotopic (exact) mass is 350 g/mol. The predicted molar refractivity (Wildman–Crippen MR) is 96.7 cm³/mol. The Hall–Kier alpha value is -3.05. The smallest absolute Gasteiger partial charge is 0.342 e. The van der Waals surface area contributed by atoms with Crippen molar-refractivity contribution in [3.8, 4) is 11.5 Å². The number of methoxy groups -OCH3 is 2. The summed E-state index contributed by atoms with van der Waals surface area (Å²) in [4.78, 5) is 12.5. The zero-order valence-electron chi connectivity index (χ0n) is 14.4. The Kier molecular flexibility index (Phi) is 4.01. The summed E-state index contributed by atoms with van der Waals surface area (Å²) in [6, 6.07) is 16.9. The van der Waals surface area contributed by atoms with E-state index in [0.29, 0.717) is 16.7 Å². The van der Waals surface area contributed by atoms with Gasteiger partial charge in [0.2, 0.25) is 6.29 Å². The van der Waals surface area contributed by atoms with Gasteiger partial charge in [-0.05, 0) is 5.56 Å². The second-order valence-corrected chi connectivity index (χ2v) is 6.11. The van der Waals surface area contributed by atoms with Crippen molar-refractivity contribution in [3.63, 3.8) is 0 Å². The van der Waals surface area contributed by atoms with Crippen molar-refractivity contribution >= 4 is 16.7 Å². The molecule has 1 aliphatic rings. The van der Waals surface area contributed by atoms with Gasteiger partial charge in [0, 0.05) is 23.4 Å². The van der Waals surface area contributed by atoms with Gasteiger partial charge in [-0.25, -0.2) is 4.79 Å². The summed E-state index contributed by atoms with van der Waals surface area (Å²) in [5.74, 6) is -0.529. The van der Waals surface area contributed by atoms with E-state index >= 15 is 0 Å². The summed E-state index contributed by atoms with van der Waals surface area (Å²) in [6.45, 7) is 0. The molecule has 0 aromatic heterocycles. The van der Waals surface area contributed by atoms with Gasteiger partial charge in [0.1, 0.15) is 17.1 Å². The highest BCUT2D eigenvalue weighted by molar-refractivity contribution is 6.06. The van der Waals surface area contributed by atoms with Crippen LogP contribution in [-0.4, -0.2) is 31.6 Å². The van der Waals surface area contributed by atoms with E-state index in [1.807, 2.05) is 42.5 Å². The molecule has 1 N–H and O–H groups in total. The molecule has 26 heavy (non-hydrogen) atoms. The van der Waals surface area contributed by atoms with Crippen LogP contribution < -0.4 is 4.74 Å². The topological polar surface area (TPSA) is 65.0 Å². The number of phenolic OH excluding ortho intramolecular Hbond substituents is 1. The fourth-order valence-corrected chi connectivity index (χ4v) is 3.63. The van der Waals surface area contributed by atoms with Crippen LogP contribution in [0.4, 0.5) is 0 Å². The van der Waals surface area contributed by atoms with E-state index in [9.17, 15) is 9.90 Å². The molecular weight excluding hydrogens is 332 g/mol. The molecule has 1 aliphatic heterocycles. The third kappa shape index (κ3) is 2.32. The molecule has 3 aromatic carbocycles. The minimum atomic E-state index is -0.610. The second kappa shape index (κ2) is 6.35. The Balaban J connectivity index is 2.09. The van der Waals surface area contributed by atoms with Crippen LogP contribution in [0.15, 0.2) is 54.6 Å². The summed E-state index contributed by atoms with van der Waals surface area (Å²) in [6.07, 6.45) is -0.610. The molecule has 0 spiro atoms. The van der Waals surface area contributed by atoms with E-state index in [2.05, 4.69) is 0 Å². The maximum absolute atomic E-state index is 12.5. The Morgan fingerprint density at radius 2 is 1.65 bits per heavy atom. The molecular formula is C21H18O5. The first-order valence-electron chi connectivity index (χ1n) is 8.27. The summed E-state index contributed by atoms with van der Waals surface area (Å²) in [5, 5.41) is 12.1. The predicted octanol–water partition coefficient (Wildman–Crippen LogP) is 3.83. The molecule has 0 saturated carbocycles. The van der Waals surface area contributed by atoms with Crippen molar-refractivity contribution in [1.82, 2.24) is 0 Å². The Bertz CT molecular complexity index is 981. The van der Waals surface area contributed by atoms with Gasteiger partial charge in [0.15, 0.2) is 0 Å². The molecule has 0 unspecified atom stereocenters. The molecule has 2 atom stereocenters. The van der Waals surface area contributed by atoms with Crippen molar-refractivity contribution < 1.29 is 24.1 Å². The quantitative estimate of drug-likeness (QED) is 0.727. The number of phenols is 1. The number of benzene rings is 3. The van der Waals surface area contributed by atoms with Crippen LogP contribution in [0.25, 0.3) is 10.8 Å². The standard InChI is InChI=1S/C21H18O5/c1-24-20(23)17-16-15(12-8-4-3-5-9-12)21(25-2)26-19(16)14-11-7-6-10-13(14)18(17)22/h3-11,15,21-22H,1-2H3/t15-,21-/m0/s1. The molecule has 0 fully saturated rings. The minimum absolute atomic E-state index is 0.104. The lowest BCUT2D eigenvalue weighted by Crippen LogP contribution is -2.22. The first-order chi connectivity index (χ1) is 12.7. The van der Waals surface area contributed by atoms with Crippen LogP contribution >= 0.6 is 0 Å². The SMILES string of the molecule is COC(=O)c1c2c(c3ccccc3c1O)O[C@H](OC)[C@H]2c1ccccc1. The number of hydrogen-bond donors (Lipinski definition) is 1. The zero-order chi connectivity index (χ0) is 18.3. The number of ether oxygens (including phenoxy) is 3. The average molecular weight is 350 g/mol. The van der Waals surface area contributed by atoms with Crippen LogP contribution in [0.5, 0.6) is 11.5 Å². The van der Waals surface area contributed by atoms with Gasteiger partial charge in [-0.1, -0.05) is 54.6 Å². The van der Waals surface area contributed by atoms with Crippen LogP contribution in [0.3, 0.4) is 0 Å². The molecule has 132 valence electrons. The fraction of sp³-hybridized carbons (Fsp3) is 0.190. The molecule has 5 heteroatoms. The first-order valence-corrected chi connectivity index (χ1v) is 8.27. The molecule has 4 rings (SSSR count). The van der Waals surface area contributed by atoms with E-state index in [1.165, 1.54) is 7.11 Å². The molecule has 5 nitrogen and oxygen atoms in total. The summed E-state index contributed by atoms with van der Waals surface area (Å²) < 4.78 is 16.6. The van der Waals surface area contributed by atoms with Crippen LogP contribution in [0.1, 0.15) is 27.4 Å². The van der Waals surface area contributed by atoms with Crippen molar-refractivity contribution in [2.24, 2.45) is 0 Å². The lowest BCUT2D eigenvalue weighted by Gasteiger charge is -2.19. The first kappa shape index (κ1) is 16.4. The lowest BCUT2D eigenvalue weighted by atomic mass is 9.86. The second-order valence-electron chi connectivity index (χ2n) is 6.11. The summed E-state index contributed by atoms with van der Waals surface area (Å²) >= 11 is 0. The third-order valence-corrected chi connectivity index (χ3v) is 4.78. The molecule has 0 aliphatic carbocycles. The highest BCUT2D eigenvalue weighted by Gasteiger charge is 2.42. The van der Waals surface area contributed by atoms with Crippen LogP contribution in [0.2, 0.25) is 0 Å². The highest BCUT2D eigenvalue weighted by Crippen LogP contribution is 2.51. The van der Waals surface area contributed by atoms with Gasteiger partial charge >= 0.3 is 5.97 Å². The van der Waals surface area contributed by atoms with Gasteiger partial charge in [-0.2, -0.15) is 0 Å². The number of esters is 1. The lowest BCUT2D eigenvalue weighted by molar-refractivity contribution is -0.0464. The van der Waals surface area contributed by atoms with Gasteiger partial charge in [-0.3, -0.25) is 0 Å². The summed E-state index contributed by atoms with van der Waals surface area (Å²) in [5.41, 5.74) is 1.64. The fourth-order valence-electron chi connectivity index (χ4n) is 3.63. The number of carbonyl (C=O) groups is 1.